The van der Waals surface area contributed by atoms with Gasteiger partial charge in [-0.25, -0.2) is 8.42 Å². The number of hydrogen-bond acceptors (Lipinski definition) is 3. The smallest absolute Gasteiger partial charge is 0.265 e. The summed E-state index contributed by atoms with van der Waals surface area (Å²) in [5.74, 6) is 2.81. The molecular weight excluding hydrogens is 236 g/mol. The molecule has 3 nitrogen and oxygen atoms in total. The van der Waals surface area contributed by atoms with Crippen LogP contribution in [0.1, 0.15) is 13.3 Å². The third-order valence-corrected chi connectivity index (χ3v) is 2.88. The van der Waals surface area contributed by atoms with Crippen LogP contribution in [0.3, 0.4) is 0 Å². The van der Waals surface area contributed by atoms with Crippen molar-refractivity contribution in [1.29, 1.82) is 0 Å². The zero-order valence-electron chi connectivity index (χ0n) is 8.03. The monoisotopic (exact) mass is 244 g/mol. The summed E-state index contributed by atoms with van der Waals surface area (Å²) in [6.07, 6.45) is 3.03. The van der Waals surface area contributed by atoms with Gasteiger partial charge in [-0.15, -0.1) is 0 Å². The predicted molar refractivity (Wildman–Crippen MR) is 58.2 cm³/mol. The van der Waals surface area contributed by atoms with Crippen LogP contribution in [-0.2, 0) is 9.05 Å². The molecule has 1 rings (SSSR count). The predicted octanol–water partition coefficient (Wildman–Crippen LogP) is 2.36. The SMILES string of the molecule is CCC#COc1ccccc1S(=O)(=O)Cl. The fourth-order valence-corrected chi connectivity index (χ4v) is 1.87. The number of ether oxygens (including phenoxy) is 1. The van der Waals surface area contributed by atoms with Crippen molar-refractivity contribution in [3.63, 3.8) is 0 Å². The molecule has 0 amide bonds. The van der Waals surface area contributed by atoms with Crippen molar-refractivity contribution in [2.24, 2.45) is 0 Å². The van der Waals surface area contributed by atoms with Crippen molar-refractivity contribution in [1.82, 2.24) is 0 Å². The molecule has 0 spiro atoms. The molecule has 0 fully saturated rings. The second-order valence-electron chi connectivity index (χ2n) is 2.62. The van der Waals surface area contributed by atoms with Crippen molar-refractivity contribution >= 4 is 19.7 Å². The highest BCUT2D eigenvalue weighted by atomic mass is 35.7. The highest BCUT2D eigenvalue weighted by Crippen LogP contribution is 2.25. The number of hydrogen-bond donors (Lipinski definition) is 0. The molecule has 0 atom stereocenters. The lowest BCUT2D eigenvalue weighted by Gasteiger charge is -2.02. The molecule has 0 N–H and O–H groups in total. The van der Waals surface area contributed by atoms with Crippen LogP contribution in [0.15, 0.2) is 29.2 Å². The van der Waals surface area contributed by atoms with Crippen molar-refractivity contribution in [3.05, 3.63) is 24.3 Å². The molecule has 0 aromatic heterocycles. The molecule has 1 aromatic rings. The molecule has 1 aromatic carbocycles. The van der Waals surface area contributed by atoms with Gasteiger partial charge in [-0.3, -0.25) is 0 Å². The molecule has 0 bridgehead atoms. The zero-order chi connectivity index (χ0) is 11.3. The Labute approximate surface area is 93.4 Å². The Morgan fingerprint density at radius 3 is 2.67 bits per heavy atom. The van der Waals surface area contributed by atoms with E-state index in [9.17, 15) is 8.42 Å². The molecule has 0 radical (unpaired) electrons. The Morgan fingerprint density at radius 2 is 2.07 bits per heavy atom. The summed E-state index contributed by atoms with van der Waals surface area (Å²) in [6.45, 7) is 1.86. The van der Waals surface area contributed by atoms with Gasteiger partial charge in [0.25, 0.3) is 9.05 Å². The van der Waals surface area contributed by atoms with E-state index in [2.05, 4.69) is 12.0 Å². The first-order valence-electron chi connectivity index (χ1n) is 4.24. The fourth-order valence-electron chi connectivity index (χ4n) is 0.899. The Kier molecular flexibility index (Phi) is 4.01. The number of para-hydroxylation sites is 1. The van der Waals surface area contributed by atoms with Crippen LogP contribution in [-0.4, -0.2) is 8.42 Å². The lowest BCUT2D eigenvalue weighted by molar-refractivity contribution is 0.502. The molecule has 0 saturated carbocycles. The molecule has 0 aliphatic carbocycles. The van der Waals surface area contributed by atoms with Crippen molar-refractivity contribution in [3.8, 4) is 17.8 Å². The topological polar surface area (TPSA) is 43.4 Å². The second-order valence-corrected chi connectivity index (χ2v) is 5.15. The van der Waals surface area contributed by atoms with E-state index < -0.39 is 9.05 Å². The maximum atomic E-state index is 11.1. The number of benzene rings is 1. The summed E-state index contributed by atoms with van der Waals surface area (Å²) in [5, 5.41) is 0. The van der Waals surface area contributed by atoms with Crippen LogP contribution in [0.4, 0.5) is 0 Å². The Hall–Kier alpha value is -1.18. The van der Waals surface area contributed by atoms with Gasteiger partial charge in [-0.1, -0.05) is 25.0 Å². The van der Waals surface area contributed by atoms with Crippen LogP contribution in [0.5, 0.6) is 5.75 Å². The third kappa shape index (κ3) is 3.46. The standard InChI is InChI=1S/C10H9ClO3S/c1-2-3-8-14-9-6-4-5-7-10(9)15(11,12)13/h4-7H,2H2,1H3. The minimum Gasteiger partial charge on any atom is -0.406 e. The van der Waals surface area contributed by atoms with Gasteiger partial charge in [0.15, 0.2) is 5.75 Å². The first-order valence-corrected chi connectivity index (χ1v) is 6.55. The minimum absolute atomic E-state index is 0.0722. The van der Waals surface area contributed by atoms with Crippen LogP contribution in [0, 0.1) is 12.0 Å². The number of rotatable bonds is 2. The van der Waals surface area contributed by atoms with Gasteiger partial charge in [-0.2, -0.15) is 0 Å². The van der Waals surface area contributed by atoms with Crippen molar-refractivity contribution in [2.75, 3.05) is 0 Å². The summed E-state index contributed by atoms with van der Waals surface area (Å²) < 4.78 is 27.2. The van der Waals surface area contributed by atoms with E-state index in [0.29, 0.717) is 6.42 Å². The molecule has 0 heterocycles. The fraction of sp³-hybridized carbons (Fsp3) is 0.200. The van der Waals surface area contributed by atoms with Crippen LogP contribution >= 0.6 is 10.7 Å². The first kappa shape index (κ1) is 11.9. The highest BCUT2D eigenvalue weighted by molar-refractivity contribution is 8.13. The maximum Gasteiger partial charge on any atom is 0.265 e. The summed E-state index contributed by atoms with van der Waals surface area (Å²) in [7, 11) is 1.43. The lowest BCUT2D eigenvalue weighted by Crippen LogP contribution is -1.95. The highest BCUT2D eigenvalue weighted by Gasteiger charge is 2.15. The lowest BCUT2D eigenvalue weighted by atomic mass is 10.3. The second kappa shape index (κ2) is 5.06. The molecule has 15 heavy (non-hydrogen) atoms. The zero-order valence-corrected chi connectivity index (χ0v) is 9.60. The van der Waals surface area contributed by atoms with Gasteiger partial charge in [0.2, 0.25) is 0 Å². The maximum absolute atomic E-state index is 11.1. The normalized spacial score (nSPS) is 10.3. The van der Waals surface area contributed by atoms with Gasteiger partial charge in [0, 0.05) is 17.1 Å². The molecule has 0 aliphatic heterocycles. The van der Waals surface area contributed by atoms with Gasteiger partial charge < -0.3 is 4.74 Å². The van der Waals surface area contributed by atoms with Gasteiger partial charge in [0.1, 0.15) is 11.0 Å². The molecule has 0 unspecified atom stereocenters. The molecule has 0 saturated heterocycles. The average molecular weight is 245 g/mol. The molecule has 0 aliphatic rings. The summed E-state index contributed by atoms with van der Waals surface area (Å²) in [4.78, 5) is -0.0722. The van der Waals surface area contributed by atoms with Gasteiger partial charge in [-0.05, 0) is 12.1 Å². The first-order chi connectivity index (χ1) is 7.05. The van der Waals surface area contributed by atoms with E-state index in [-0.39, 0.29) is 10.6 Å². The Bertz CT molecular complexity index is 497. The van der Waals surface area contributed by atoms with Crippen molar-refractivity contribution < 1.29 is 13.2 Å². The van der Waals surface area contributed by atoms with E-state index in [1.807, 2.05) is 6.92 Å². The molecule has 80 valence electrons. The molecular formula is C10H9ClO3S. The summed E-state index contributed by atoms with van der Waals surface area (Å²) in [6, 6.07) is 6.08. The summed E-state index contributed by atoms with van der Waals surface area (Å²) in [5.41, 5.74) is 0. The van der Waals surface area contributed by atoms with Gasteiger partial charge in [0.05, 0.1) is 0 Å². The van der Waals surface area contributed by atoms with Crippen molar-refractivity contribution in [2.45, 2.75) is 18.2 Å². The Morgan fingerprint density at radius 1 is 1.40 bits per heavy atom. The van der Waals surface area contributed by atoms with E-state index in [1.54, 1.807) is 12.1 Å². The van der Waals surface area contributed by atoms with Gasteiger partial charge >= 0.3 is 0 Å². The van der Waals surface area contributed by atoms with E-state index >= 15 is 0 Å². The quantitative estimate of drug-likeness (QED) is 0.593. The molecule has 5 heteroatoms. The van der Waals surface area contributed by atoms with E-state index in [4.69, 9.17) is 15.4 Å². The minimum atomic E-state index is -3.79. The Balaban J connectivity index is 3.08. The van der Waals surface area contributed by atoms with Crippen LogP contribution in [0.2, 0.25) is 0 Å². The largest absolute Gasteiger partial charge is 0.406 e. The average Bonchev–Trinajstić information content (AvgIpc) is 2.17. The van der Waals surface area contributed by atoms with Crippen LogP contribution in [0.25, 0.3) is 0 Å². The van der Waals surface area contributed by atoms with Crippen LogP contribution < -0.4 is 4.74 Å². The number of halogens is 1. The third-order valence-electron chi connectivity index (χ3n) is 1.52. The van der Waals surface area contributed by atoms with E-state index in [1.165, 1.54) is 12.1 Å². The summed E-state index contributed by atoms with van der Waals surface area (Å²) >= 11 is 0. The van der Waals surface area contributed by atoms with E-state index in [0.717, 1.165) is 0 Å².